The highest BCUT2D eigenvalue weighted by atomic mass is 32.2. The second kappa shape index (κ2) is 9.93. The lowest BCUT2D eigenvalue weighted by Gasteiger charge is -2.16. The summed E-state index contributed by atoms with van der Waals surface area (Å²) in [5.41, 5.74) is 2.91. The number of fused-ring (bicyclic) bond motifs is 1. The van der Waals surface area contributed by atoms with Gasteiger partial charge in [-0.3, -0.25) is 15.0 Å². The van der Waals surface area contributed by atoms with Crippen molar-refractivity contribution in [1.29, 1.82) is 0 Å². The van der Waals surface area contributed by atoms with Crippen molar-refractivity contribution in [2.24, 2.45) is 0 Å². The predicted molar refractivity (Wildman–Crippen MR) is 123 cm³/mol. The number of amides is 2. The maximum atomic E-state index is 12.6. The smallest absolute Gasteiger partial charge is 0.336 e. The SMILES string of the molecule is COc1cc(S(=O)(=O)NNC(=O)[C@H](C)Oc2ccc3c(C)cc(=O)oc3c2)ccc1NC(C)=O. The van der Waals surface area contributed by atoms with E-state index in [4.69, 9.17) is 13.9 Å². The van der Waals surface area contributed by atoms with Gasteiger partial charge in [0.05, 0.1) is 17.7 Å². The van der Waals surface area contributed by atoms with E-state index in [1.165, 1.54) is 51.3 Å². The number of anilines is 1. The molecule has 3 rings (SSSR count). The van der Waals surface area contributed by atoms with Gasteiger partial charge in [0.1, 0.15) is 17.1 Å². The van der Waals surface area contributed by atoms with Gasteiger partial charge in [-0.25, -0.2) is 13.2 Å². The number of aryl methyl sites for hydroxylation is 1. The summed E-state index contributed by atoms with van der Waals surface area (Å²) in [5.74, 6) is -0.738. The number of hydrogen-bond acceptors (Lipinski definition) is 8. The van der Waals surface area contributed by atoms with Crippen molar-refractivity contribution in [2.75, 3.05) is 12.4 Å². The first-order valence-electron chi connectivity index (χ1n) is 9.98. The van der Waals surface area contributed by atoms with Crippen LogP contribution in [0.2, 0.25) is 0 Å². The molecule has 12 heteroatoms. The summed E-state index contributed by atoms with van der Waals surface area (Å²) in [4.78, 5) is 37.0. The van der Waals surface area contributed by atoms with Gasteiger partial charge >= 0.3 is 5.63 Å². The molecule has 0 fully saturated rings. The third-order valence-corrected chi connectivity index (χ3v) is 5.95. The Kier molecular flexibility index (Phi) is 7.23. The quantitative estimate of drug-likeness (QED) is 0.320. The summed E-state index contributed by atoms with van der Waals surface area (Å²) in [7, 11) is -2.83. The number of sulfonamides is 1. The van der Waals surface area contributed by atoms with Crippen molar-refractivity contribution in [2.45, 2.75) is 31.8 Å². The number of carbonyl (C=O) groups is 2. The summed E-state index contributed by atoms with van der Waals surface area (Å²) in [6.45, 7) is 4.50. The van der Waals surface area contributed by atoms with Crippen LogP contribution in [0.1, 0.15) is 19.4 Å². The number of carbonyl (C=O) groups excluding carboxylic acids is 2. The van der Waals surface area contributed by atoms with Gasteiger partial charge in [-0.05, 0) is 43.7 Å². The zero-order chi connectivity index (χ0) is 25.0. The number of rotatable bonds is 8. The fourth-order valence-electron chi connectivity index (χ4n) is 3.05. The molecule has 0 aliphatic heterocycles. The number of hydrazine groups is 1. The first-order chi connectivity index (χ1) is 16.0. The molecule has 0 bridgehead atoms. The molecule has 0 saturated carbocycles. The van der Waals surface area contributed by atoms with Crippen molar-refractivity contribution in [3.8, 4) is 11.5 Å². The Bertz CT molecular complexity index is 1420. The van der Waals surface area contributed by atoms with Gasteiger partial charge in [0, 0.05) is 30.5 Å². The standard InChI is InChI=1S/C22H23N3O8S/c1-12-9-21(27)33-19-10-15(5-7-17(12)19)32-13(2)22(28)24-25-34(29,30)16-6-8-18(23-14(3)26)20(11-16)31-4/h5-11,13,25H,1-4H3,(H,23,26)(H,24,28)/t13-/m0/s1. The average molecular weight is 490 g/mol. The molecular formula is C22H23N3O8S. The lowest BCUT2D eigenvalue weighted by molar-refractivity contribution is -0.127. The van der Waals surface area contributed by atoms with Crippen LogP contribution >= 0.6 is 0 Å². The third kappa shape index (κ3) is 5.71. The maximum absolute atomic E-state index is 12.6. The van der Waals surface area contributed by atoms with Gasteiger partial charge in [-0.2, -0.15) is 0 Å². The van der Waals surface area contributed by atoms with E-state index in [1.807, 2.05) is 4.83 Å². The highest BCUT2D eigenvalue weighted by Crippen LogP contribution is 2.27. The van der Waals surface area contributed by atoms with Crippen LogP contribution in [0.4, 0.5) is 5.69 Å². The number of benzene rings is 2. The topological polar surface area (TPSA) is 153 Å². The van der Waals surface area contributed by atoms with Gasteiger partial charge in [0.15, 0.2) is 6.10 Å². The normalized spacial score (nSPS) is 12.1. The molecule has 0 aliphatic carbocycles. The molecule has 3 aromatic rings. The number of ether oxygens (including phenoxy) is 2. The van der Waals surface area contributed by atoms with Crippen LogP contribution < -0.4 is 30.7 Å². The first kappa shape index (κ1) is 24.7. The molecule has 180 valence electrons. The molecule has 0 unspecified atom stereocenters. The molecule has 2 aromatic carbocycles. The van der Waals surface area contributed by atoms with Crippen LogP contribution in [0.3, 0.4) is 0 Å². The number of hydrogen-bond donors (Lipinski definition) is 3. The molecule has 1 atom stereocenters. The first-order valence-corrected chi connectivity index (χ1v) is 11.5. The summed E-state index contributed by atoms with van der Waals surface area (Å²) >= 11 is 0. The van der Waals surface area contributed by atoms with Crippen LogP contribution in [0, 0.1) is 6.92 Å². The second-order valence-corrected chi connectivity index (χ2v) is 8.99. The van der Waals surface area contributed by atoms with Crippen LogP contribution in [0.5, 0.6) is 11.5 Å². The van der Waals surface area contributed by atoms with Crippen LogP contribution in [0.25, 0.3) is 11.0 Å². The Morgan fingerprint density at radius 1 is 1.09 bits per heavy atom. The summed E-state index contributed by atoms with van der Waals surface area (Å²) < 4.78 is 41.0. The largest absolute Gasteiger partial charge is 0.495 e. The fraction of sp³-hybridized carbons (Fsp3) is 0.227. The van der Waals surface area contributed by atoms with Crippen LogP contribution in [-0.4, -0.2) is 33.4 Å². The molecular weight excluding hydrogens is 466 g/mol. The molecule has 0 radical (unpaired) electrons. The minimum Gasteiger partial charge on any atom is -0.495 e. The molecule has 34 heavy (non-hydrogen) atoms. The Hall–Kier alpha value is -3.90. The zero-order valence-electron chi connectivity index (χ0n) is 18.8. The number of methoxy groups -OCH3 is 1. The molecule has 1 aromatic heterocycles. The highest BCUT2D eigenvalue weighted by Gasteiger charge is 2.21. The molecule has 11 nitrogen and oxygen atoms in total. The molecule has 1 heterocycles. The Balaban J connectivity index is 1.68. The summed E-state index contributed by atoms with van der Waals surface area (Å²) in [6.07, 6.45) is -1.09. The fourth-order valence-corrected chi connectivity index (χ4v) is 3.91. The van der Waals surface area contributed by atoms with Crippen molar-refractivity contribution < 1.29 is 31.9 Å². The summed E-state index contributed by atoms with van der Waals surface area (Å²) in [6, 6.07) is 9.94. The molecule has 3 N–H and O–H groups in total. The van der Waals surface area contributed by atoms with Gasteiger partial charge in [0.2, 0.25) is 5.91 Å². The van der Waals surface area contributed by atoms with E-state index in [1.54, 1.807) is 19.1 Å². The summed E-state index contributed by atoms with van der Waals surface area (Å²) in [5, 5.41) is 3.24. The third-order valence-electron chi connectivity index (χ3n) is 4.71. The van der Waals surface area contributed by atoms with E-state index in [0.717, 1.165) is 10.9 Å². The predicted octanol–water partition coefficient (Wildman–Crippen LogP) is 1.85. The van der Waals surface area contributed by atoms with Gasteiger partial charge in [-0.15, -0.1) is 4.83 Å². The zero-order valence-corrected chi connectivity index (χ0v) is 19.6. The maximum Gasteiger partial charge on any atom is 0.336 e. The van der Waals surface area contributed by atoms with Crippen molar-refractivity contribution in [3.05, 3.63) is 58.4 Å². The van der Waals surface area contributed by atoms with Crippen molar-refractivity contribution in [3.63, 3.8) is 0 Å². The van der Waals surface area contributed by atoms with E-state index in [0.29, 0.717) is 11.3 Å². The minimum atomic E-state index is -4.16. The van der Waals surface area contributed by atoms with Gasteiger partial charge < -0.3 is 19.2 Å². The van der Waals surface area contributed by atoms with E-state index < -0.39 is 27.7 Å². The minimum absolute atomic E-state index is 0.124. The van der Waals surface area contributed by atoms with Crippen molar-refractivity contribution in [1.82, 2.24) is 10.3 Å². The van der Waals surface area contributed by atoms with Gasteiger partial charge in [-0.1, -0.05) is 0 Å². The monoisotopic (exact) mass is 489 g/mol. The van der Waals surface area contributed by atoms with E-state index in [2.05, 4.69) is 10.7 Å². The Morgan fingerprint density at radius 2 is 1.82 bits per heavy atom. The van der Waals surface area contributed by atoms with E-state index >= 15 is 0 Å². The Labute approximate surface area is 195 Å². The highest BCUT2D eigenvalue weighted by molar-refractivity contribution is 7.89. The van der Waals surface area contributed by atoms with Gasteiger partial charge in [0.25, 0.3) is 15.9 Å². The molecule has 0 saturated heterocycles. The number of nitrogens with one attached hydrogen (secondary N) is 3. The average Bonchev–Trinajstić information content (AvgIpc) is 2.76. The van der Waals surface area contributed by atoms with Crippen molar-refractivity contribution >= 4 is 38.5 Å². The molecule has 0 spiro atoms. The Morgan fingerprint density at radius 3 is 2.50 bits per heavy atom. The lowest BCUT2D eigenvalue weighted by atomic mass is 10.1. The van der Waals surface area contributed by atoms with Crippen LogP contribution in [-0.2, 0) is 19.6 Å². The molecule has 0 aliphatic rings. The van der Waals surface area contributed by atoms with Crippen LogP contribution in [0.15, 0.2) is 56.6 Å². The lowest BCUT2D eigenvalue weighted by Crippen LogP contribution is -2.47. The second-order valence-electron chi connectivity index (χ2n) is 7.30. The van der Waals surface area contributed by atoms with E-state index in [9.17, 15) is 22.8 Å². The molecule has 2 amide bonds. The van der Waals surface area contributed by atoms with E-state index in [-0.39, 0.29) is 22.3 Å².